The highest BCUT2D eigenvalue weighted by Crippen LogP contribution is 2.51. The van der Waals surface area contributed by atoms with Crippen molar-refractivity contribution in [2.24, 2.45) is 5.16 Å². The fourth-order valence-corrected chi connectivity index (χ4v) is 8.10. The van der Waals surface area contributed by atoms with Gasteiger partial charge in [0.1, 0.15) is 5.71 Å². The van der Waals surface area contributed by atoms with Gasteiger partial charge in [0, 0.05) is 57.3 Å². The number of benzene rings is 4. The van der Waals surface area contributed by atoms with Crippen molar-refractivity contribution < 1.29 is 28.6 Å². The predicted molar refractivity (Wildman–Crippen MR) is 186 cm³/mol. The molecule has 240 valence electrons. The summed E-state index contributed by atoms with van der Waals surface area (Å²) in [6.07, 6.45) is 4.05. The number of oxime groups is 1. The largest absolute Gasteiger partial charge is 0.341 e. The van der Waals surface area contributed by atoms with E-state index in [1.165, 1.54) is 6.92 Å². The number of nitrogens with zero attached hydrogens (tertiary/aromatic N) is 2. The summed E-state index contributed by atoms with van der Waals surface area (Å²) < 4.78 is 17.1. The van der Waals surface area contributed by atoms with Crippen molar-refractivity contribution in [3.8, 4) is 0 Å². The highest BCUT2D eigenvalue weighted by atomic mass is 31.2. The Bertz CT molecular complexity index is 1990. The van der Waals surface area contributed by atoms with E-state index in [1.54, 1.807) is 91.0 Å². The van der Waals surface area contributed by atoms with E-state index >= 15 is 0 Å². The van der Waals surface area contributed by atoms with Crippen molar-refractivity contribution in [1.82, 2.24) is 4.57 Å². The molecule has 0 radical (unpaired) electrons. The maximum absolute atomic E-state index is 15.0. The van der Waals surface area contributed by atoms with Gasteiger partial charge in [0.25, 0.3) is 0 Å². The Kier molecular flexibility index (Phi) is 10.4. The van der Waals surface area contributed by atoms with Crippen LogP contribution in [-0.2, 0) is 20.7 Å². The number of aryl methyl sites for hydroxylation is 1. The minimum atomic E-state index is -4.38. The summed E-state index contributed by atoms with van der Waals surface area (Å²) in [6, 6.07) is 26.8. The standard InChI is InChI=1S/C38H37N2O6P/c1-4-6-7-14-19-33(39-46-26(3)41)36(42)29-20-22-34-31(24-29)32-25-30(21-23-35(32)40(34)5-2)47(45,37(43)27-15-10-8-11-16-27)38(44)28-17-12-9-13-18-28/h8-13,15-18,20-25H,4-7,14,19H2,1-3H3/b39-33+. The third-order valence-electron chi connectivity index (χ3n) is 8.22. The minimum Gasteiger partial charge on any atom is -0.341 e. The molecule has 8 nitrogen and oxygen atoms in total. The SMILES string of the molecule is CCCCCC/C(=N\OC(C)=O)C(=O)c1ccc2c(c1)c1cc(P(=O)(C(=O)c3ccccc3)C(=O)c3ccccc3)ccc1n2CC. The molecule has 0 bridgehead atoms. The summed E-state index contributed by atoms with van der Waals surface area (Å²) in [6.45, 7) is 5.93. The first-order chi connectivity index (χ1) is 22.7. The summed E-state index contributed by atoms with van der Waals surface area (Å²) in [7, 11) is -4.38. The van der Waals surface area contributed by atoms with E-state index in [-0.39, 0.29) is 27.9 Å². The van der Waals surface area contributed by atoms with Gasteiger partial charge >= 0.3 is 5.97 Å². The molecule has 0 aliphatic carbocycles. The number of carbonyl (C=O) groups excluding carboxylic acids is 4. The molecule has 0 saturated heterocycles. The van der Waals surface area contributed by atoms with Crippen LogP contribution in [0, 0.1) is 0 Å². The fraction of sp³-hybridized carbons (Fsp3) is 0.237. The molecular weight excluding hydrogens is 611 g/mol. The Morgan fingerprint density at radius 2 is 1.28 bits per heavy atom. The molecule has 47 heavy (non-hydrogen) atoms. The van der Waals surface area contributed by atoms with Crippen LogP contribution in [0.2, 0.25) is 0 Å². The quantitative estimate of drug-likeness (QED) is 0.0298. The van der Waals surface area contributed by atoms with Crippen LogP contribution in [0.1, 0.15) is 83.9 Å². The minimum absolute atomic E-state index is 0.118. The van der Waals surface area contributed by atoms with Crippen LogP contribution in [0.25, 0.3) is 21.8 Å². The lowest BCUT2D eigenvalue weighted by Crippen LogP contribution is -2.20. The van der Waals surface area contributed by atoms with Crippen molar-refractivity contribution in [2.45, 2.75) is 59.4 Å². The summed E-state index contributed by atoms with van der Waals surface area (Å²) >= 11 is 0. The highest BCUT2D eigenvalue weighted by Gasteiger charge is 2.43. The molecule has 0 unspecified atom stereocenters. The molecule has 5 rings (SSSR count). The van der Waals surface area contributed by atoms with E-state index in [4.69, 9.17) is 4.84 Å². The van der Waals surface area contributed by atoms with Gasteiger partial charge in [-0.2, -0.15) is 0 Å². The van der Waals surface area contributed by atoms with Crippen LogP contribution < -0.4 is 5.30 Å². The Morgan fingerprint density at radius 1 is 0.702 bits per heavy atom. The first-order valence-corrected chi connectivity index (χ1v) is 17.6. The number of ketones is 1. The second-order valence-electron chi connectivity index (χ2n) is 11.4. The second-order valence-corrected chi connectivity index (χ2v) is 13.9. The second kappa shape index (κ2) is 14.7. The van der Waals surface area contributed by atoms with Gasteiger partial charge in [0.15, 0.2) is 0 Å². The Hall–Kier alpha value is -4.94. The van der Waals surface area contributed by atoms with E-state index < -0.39 is 24.2 Å². The number of rotatable bonds is 14. The lowest BCUT2D eigenvalue weighted by atomic mass is 10.00. The summed E-state index contributed by atoms with van der Waals surface area (Å²) in [5.41, 5.74) is 1.02. The molecule has 0 fully saturated rings. The maximum atomic E-state index is 15.0. The predicted octanol–water partition coefficient (Wildman–Crippen LogP) is 8.56. The molecule has 1 heterocycles. The first kappa shape index (κ1) is 33.4. The van der Waals surface area contributed by atoms with Crippen LogP contribution in [0.3, 0.4) is 0 Å². The lowest BCUT2D eigenvalue weighted by Gasteiger charge is -2.17. The Morgan fingerprint density at radius 3 is 1.83 bits per heavy atom. The molecule has 0 saturated carbocycles. The number of Topliss-reactive ketones (excluding diaryl/α,β-unsaturated/α-hetero) is 1. The summed E-state index contributed by atoms with van der Waals surface area (Å²) in [5, 5.41) is 5.37. The van der Waals surface area contributed by atoms with Gasteiger partial charge in [-0.3, -0.25) is 14.4 Å². The lowest BCUT2D eigenvalue weighted by molar-refractivity contribution is -0.140. The molecule has 4 aromatic carbocycles. The third-order valence-corrected chi connectivity index (χ3v) is 10.9. The van der Waals surface area contributed by atoms with Crippen LogP contribution in [0.15, 0.2) is 102 Å². The van der Waals surface area contributed by atoms with E-state index in [2.05, 4.69) is 16.6 Å². The highest BCUT2D eigenvalue weighted by molar-refractivity contribution is 8.01. The van der Waals surface area contributed by atoms with Crippen molar-refractivity contribution in [3.63, 3.8) is 0 Å². The molecule has 0 amide bonds. The summed E-state index contributed by atoms with van der Waals surface area (Å²) in [4.78, 5) is 58.2. The fourth-order valence-electron chi connectivity index (χ4n) is 5.83. The number of unbranched alkanes of at least 4 members (excludes halogenated alkanes) is 3. The van der Waals surface area contributed by atoms with E-state index in [0.29, 0.717) is 29.3 Å². The van der Waals surface area contributed by atoms with Gasteiger partial charge < -0.3 is 14.0 Å². The van der Waals surface area contributed by atoms with Crippen LogP contribution in [0.5, 0.6) is 0 Å². The maximum Gasteiger partial charge on any atom is 0.331 e. The zero-order chi connectivity index (χ0) is 33.6. The Balaban J connectivity index is 1.66. The average molecular weight is 649 g/mol. The van der Waals surface area contributed by atoms with Crippen molar-refractivity contribution in [1.29, 1.82) is 0 Å². The van der Waals surface area contributed by atoms with Gasteiger partial charge in [0.2, 0.25) is 24.0 Å². The zero-order valence-corrected chi connectivity index (χ0v) is 27.7. The third kappa shape index (κ3) is 6.79. The summed E-state index contributed by atoms with van der Waals surface area (Å²) in [5.74, 6) is -0.972. The van der Waals surface area contributed by atoms with E-state index in [0.717, 1.165) is 36.7 Å². The van der Waals surface area contributed by atoms with Gasteiger partial charge in [-0.15, -0.1) is 0 Å². The molecule has 0 aliphatic rings. The number of carbonyl (C=O) groups is 4. The topological polar surface area (TPSA) is 112 Å². The molecule has 0 N–H and O–H groups in total. The van der Waals surface area contributed by atoms with Gasteiger partial charge in [-0.25, -0.2) is 4.79 Å². The molecule has 0 atom stereocenters. The van der Waals surface area contributed by atoms with Crippen molar-refractivity contribution in [3.05, 3.63) is 114 Å². The average Bonchev–Trinajstić information content (AvgIpc) is 3.42. The molecule has 9 heteroatoms. The molecular formula is C38H37N2O6P. The van der Waals surface area contributed by atoms with E-state index in [9.17, 15) is 23.7 Å². The zero-order valence-electron chi connectivity index (χ0n) is 26.8. The van der Waals surface area contributed by atoms with Crippen molar-refractivity contribution >= 4 is 62.8 Å². The first-order valence-electron chi connectivity index (χ1n) is 15.9. The van der Waals surface area contributed by atoms with Crippen LogP contribution in [0.4, 0.5) is 0 Å². The van der Waals surface area contributed by atoms with Crippen LogP contribution >= 0.6 is 7.14 Å². The number of fused-ring (bicyclic) bond motifs is 3. The van der Waals surface area contributed by atoms with E-state index in [1.807, 2.05) is 13.0 Å². The molecule has 5 aromatic rings. The van der Waals surface area contributed by atoms with Gasteiger partial charge in [0.05, 0.1) is 0 Å². The van der Waals surface area contributed by atoms with Gasteiger partial charge in [-0.05, 0) is 56.2 Å². The Labute approximate surface area is 273 Å². The molecule has 0 spiro atoms. The number of hydrogen-bond acceptors (Lipinski definition) is 7. The number of hydrogen-bond donors (Lipinski definition) is 0. The smallest absolute Gasteiger partial charge is 0.331 e. The van der Waals surface area contributed by atoms with Crippen molar-refractivity contribution in [2.75, 3.05) is 0 Å². The van der Waals surface area contributed by atoms with Gasteiger partial charge in [-0.1, -0.05) is 92.0 Å². The molecule has 0 aliphatic heterocycles. The van der Waals surface area contributed by atoms with Crippen LogP contribution in [-0.4, -0.2) is 33.1 Å². The molecule has 1 aromatic heterocycles. The normalized spacial score (nSPS) is 11.9. The number of aromatic nitrogens is 1. The monoisotopic (exact) mass is 648 g/mol.